The first-order valence-electron chi connectivity index (χ1n) is 7.90. The van der Waals surface area contributed by atoms with Gasteiger partial charge in [0, 0.05) is 5.82 Å². The smallest absolute Gasteiger partial charge is 0.321 e. The molecule has 5 atom stereocenters. The third-order valence-corrected chi connectivity index (χ3v) is 7.26. The Morgan fingerprint density at radius 3 is 2.50 bits per heavy atom. The Bertz CT molecular complexity index is 478. The van der Waals surface area contributed by atoms with Crippen molar-refractivity contribution in [2.75, 3.05) is 0 Å². The van der Waals surface area contributed by atoms with Gasteiger partial charge in [0.1, 0.15) is 0 Å². The van der Waals surface area contributed by atoms with Gasteiger partial charge in [-0.3, -0.25) is 4.57 Å². The fraction of sp³-hybridized carbons (Fsp3) is 0.875. The molecule has 0 aromatic carbocycles. The minimum absolute atomic E-state index is 0.257. The summed E-state index contributed by atoms with van der Waals surface area (Å²) in [5.74, 6) is 3.64. The molecular weight excluding hydrogens is 271 g/mol. The number of rotatable bonds is 2. The summed E-state index contributed by atoms with van der Waals surface area (Å²) >= 11 is 0. The van der Waals surface area contributed by atoms with E-state index in [9.17, 15) is 4.57 Å². The molecule has 3 nitrogen and oxygen atoms in total. The molecular formula is C16H27O3P. The Hall–Kier alpha value is -0.110. The molecule has 2 N–H and O–H groups in total. The van der Waals surface area contributed by atoms with E-state index in [2.05, 4.69) is 20.8 Å². The van der Waals surface area contributed by atoms with Crippen molar-refractivity contribution in [2.24, 2.45) is 34.5 Å². The molecule has 3 aliphatic rings. The third kappa shape index (κ3) is 2.14. The highest BCUT2D eigenvalue weighted by Crippen LogP contribution is 2.71. The van der Waals surface area contributed by atoms with Gasteiger partial charge in [0.2, 0.25) is 0 Å². The van der Waals surface area contributed by atoms with E-state index in [1.54, 1.807) is 0 Å². The average Bonchev–Trinajstić information content (AvgIpc) is 2.77. The standard InChI is InChI=1S/C16H27O3P/c1-15(2)8-4-9-16(3)12(7-10-20(17,18)19)11-5-6-13(16)14(11)15/h7,10-14H,4-6,8-9H2,1-3H3,(H2,17,18,19)/b10-7+/t11-,12+,13-,14-,16-/m1/s1. The lowest BCUT2D eigenvalue weighted by atomic mass is 9.65. The topological polar surface area (TPSA) is 57.5 Å². The molecule has 3 rings (SSSR count). The van der Waals surface area contributed by atoms with Gasteiger partial charge in [0.15, 0.2) is 0 Å². The van der Waals surface area contributed by atoms with E-state index in [4.69, 9.17) is 9.79 Å². The van der Waals surface area contributed by atoms with Crippen LogP contribution < -0.4 is 0 Å². The Labute approximate surface area is 122 Å². The summed E-state index contributed by atoms with van der Waals surface area (Å²) in [4.78, 5) is 18.3. The van der Waals surface area contributed by atoms with Crippen LogP contribution >= 0.6 is 7.60 Å². The Morgan fingerprint density at radius 1 is 1.15 bits per heavy atom. The van der Waals surface area contributed by atoms with Crippen LogP contribution in [-0.2, 0) is 4.57 Å². The first-order chi connectivity index (χ1) is 9.15. The molecule has 20 heavy (non-hydrogen) atoms. The van der Waals surface area contributed by atoms with Crippen LogP contribution in [0.3, 0.4) is 0 Å². The van der Waals surface area contributed by atoms with Gasteiger partial charge in [-0.15, -0.1) is 0 Å². The fourth-order valence-corrected chi connectivity index (χ4v) is 6.45. The lowest BCUT2D eigenvalue weighted by molar-refractivity contribution is 0.119. The third-order valence-electron chi connectivity index (χ3n) is 6.70. The quantitative estimate of drug-likeness (QED) is 0.752. The predicted octanol–water partition coefficient (Wildman–Crippen LogP) is 4.17. The fourth-order valence-electron chi connectivity index (χ4n) is 6.04. The van der Waals surface area contributed by atoms with Gasteiger partial charge >= 0.3 is 7.60 Å². The molecule has 0 unspecified atom stereocenters. The molecule has 4 heteroatoms. The SMILES string of the molecule is CC1(C)CCC[C@@]2(C)[C@@H]3CC[C@@H]([C@H]31)[C@@H]2/C=C/P(=O)(O)O. The first-order valence-corrected chi connectivity index (χ1v) is 9.58. The van der Waals surface area contributed by atoms with Crippen molar-refractivity contribution in [3.05, 3.63) is 11.9 Å². The highest BCUT2D eigenvalue weighted by atomic mass is 31.2. The van der Waals surface area contributed by atoms with Gasteiger partial charge in [0.05, 0.1) is 0 Å². The molecule has 3 aliphatic carbocycles. The second kappa shape index (κ2) is 4.44. The summed E-state index contributed by atoms with van der Waals surface area (Å²) in [6, 6.07) is 0. The molecule has 0 aromatic rings. The Kier molecular flexibility index (Phi) is 3.29. The zero-order valence-corrected chi connectivity index (χ0v) is 13.6. The van der Waals surface area contributed by atoms with Gasteiger partial charge in [-0.25, -0.2) is 0 Å². The van der Waals surface area contributed by atoms with E-state index < -0.39 is 7.60 Å². The van der Waals surface area contributed by atoms with Crippen molar-refractivity contribution in [1.82, 2.24) is 0 Å². The molecule has 0 heterocycles. The van der Waals surface area contributed by atoms with Crippen molar-refractivity contribution in [2.45, 2.75) is 52.9 Å². The van der Waals surface area contributed by atoms with Crippen molar-refractivity contribution in [3.8, 4) is 0 Å². The summed E-state index contributed by atoms with van der Waals surface area (Å²) in [7, 11) is -4.03. The Morgan fingerprint density at radius 2 is 1.85 bits per heavy atom. The maximum absolute atomic E-state index is 11.2. The van der Waals surface area contributed by atoms with Gasteiger partial charge in [0.25, 0.3) is 0 Å². The van der Waals surface area contributed by atoms with Crippen molar-refractivity contribution in [1.29, 1.82) is 0 Å². The summed E-state index contributed by atoms with van der Waals surface area (Å²) < 4.78 is 11.2. The molecule has 0 spiro atoms. The molecule has 3 fully saturated rings. The zero-order valence-electron chi connectivity index (χ0n) is 12.7. The average molecular weight is 298 g/mol. The van der Waals surface area contributed by atoms with Gasteiger partial charge < -0.3 is 9.79 Å². The summed E-state index contributed by atoms with van der Waals surface area (Å²) in [6.45, 7) is 7.19. The molecule has 0 saturated heterocycles. The highest BCUT2D eigenvalue weighted by molar-refractivity contribution is 7.55. The van der Waals surface area contributed by atoms with Crippen LogP contribution in [0.2, 0.25) is 0 Å². The van der Waals surface area contributed by atoms with Crippen LogP contribution in [0.1, 0.15) is 52.9 Å². The second-order valence-corrected chi connectivity index (χ2v) is 9.65. The van der Waals surface area contributed by atoms with Crippen molar-refractivity contribution >= 4 is 7.60 Å². The highest BCUT2D eigenvalue weighted by Gasteiger charge is 2.63. The first kappa shape index (κ1) is 14.8. The van der Waals surface area contributed by atoms with E-state index in [0.717, 1.165) is 11.8 Å². The number of hydrogen-bond acceptors (Lipinski definition) is 1. The van der Waals surface area contributed by atoms with Crippen LogP contribution in [0.15, 0.2) is 11.9 Å². The molecule has 0 aromatic heterocycles. The zero-order chi connectivity index (χ0) is 14.8. The van der Waals surface area contributed by atoms with Crippen molar-refractivity contribution in [3.63, 3.8) is 0 Å². The maximum Gasteiger partial charge on any atom is 0.348 e. The number of allylic oxidation sites excluding steroid dienone is 1. The van der Waals surface area contributed by atoms with E-state index in [1.807, 2.05) is 6.08 Å². The predicted molar refractivity (Wildman–Crippen MR) is 80.1 cm³/mol. The minimum atomic E-state index is -4.03. The number of hydrogen-bond donors (Lipinski definition) is 2. The van der Waals surface area contributed by atoms with Crippen LogP contribution in [-0.4, -0.2) is 9.79 Å². The lowest BCUT2D eigenvalue weighted by Crippen LogP contribution is -2.32. The molecule has 4 bridgehead atoms. The molecule has 0 amide bonds. The van der Waals surface area contributed by atoms with Crippen LogP contribution in [0.5, 0.6) is 0 Å². The molecule has 0 aliphatic heterocycles. The van der Waals surface area contributed by atoms with E-state index in [0.29, 0.717) is 17.3 Å². The van der Waals surface area contributed by atoms with Gasteiger partial charge in [-0.05, 0) is 60.2 Å². The summed E-state index contributed by atoms with van der Waals surface area (Å²) in [5.41, 5.74) is 0.640. The van der Waals surface area contributed by atoms with Crippen LogP contribution in [0, 0.1) is 34.5 Å². The second-order valence-electron chi connectivity index (χ2n) is 8.18. The van der Waals surface area contributed by atoms with Gasteiger partial charge in [-0.2, -0.15) is 0 Å². The normalized spacial score (nSPS) is 46.9. The maximum atomic E-state index is 11.2. The van der Waals surface area contributed by atoms with Crippen LogP contribution in [0.4, 0.5) is 0 Å². The van der Waals surface area contributed by atoms with E-state index in [-0.39, 0.29) is 5.41 Å². The molecule has 114 valence electrons. The van der Waals surface area contributed by atoms with E-state index >= 15 is 0 Å². The summed E-state index contributed by atoms with van der Waals surface area (Å²) in [6.07, 6.45) is 8.20. The van der Waals surface area contributed by atoms with Crippen molar-refractivity contribution < 1.29 is 14.4 Å². The van der Waals surface area contributed by atoms with Crippen LogP contribution in [0.25, 0.3) is 0 Å². The lowest BCUT2D eigenvalue weighted by Gasteiger charge is -2.40. The molecule has 3 saturated carbocycles. The largest absolute Gasteiger partial charge is 0.348 e. The minimum Gasteiger partial charge on any atom is -0.321 e. The molecule has 0 radical (unpaired) electrons. The van der Waals surface area contributed by atoms with E-state index in [1.165, 1.54) is 37.9 Å². The van der Waals surface area contributed by atoms with Gasteiger partial charge in [-0.1, -0.05) is 33.3 Å². The summed E-state index contributed by atoms with van der Waals surface area (Å²) in [5, 5.41) is 0. The Balaban J connectivity index is 1.98. The monoisotopic (exact) mass is 298 g/mol.